The summed E-state index contributed by atoms with van der Waals surface area (Å²) in [6.07, 6.45) is 7.23. The van der Waals surface area contributed by atoms with Gasteiger partial charge in [0.25, 0.3) is 0 Å². The van der Waals surface area contributed by atoms with Gasteiger partial charge < -0.3 is 10.4 Å². The van der Waals surface area contributed by atoms with Crippen molar-refractivity contribution in [3.63, 3.8) is 0 Å². The Kier molecular flexibility index (Phi) is 3.74. The van der Waals surface area contributed by atoms with Crippen LogP contribution in [0.15, 0.2) is 12.4 Å². The first kappa shape index (κ1) is 11.1. The first-order valence-electron chi connectivity index (χ1n) is 5.16. The zero-order valence-corrected chi connectivity index (χ0v) is 10.5. The molecule has 1 heterocycles. The Morgan fingerprint density at radius 2 is 1.80 bits per heavy atom. The van der Waals surface area contributed by atoms with Crippen molar-refractivity contribution in [1.82, 2.24) is 9.97 Å². The van der Waals surface area contributed by atoms with E-state index in [1.54, 1.807) is 12.4 Å². The van der Waals surface area contributed by atoms with Gasteiger partial charge in [-0.05, 0) is 48.3 Å². The molecule has 1 saturated carbocycles. The quantitative estimate of drug-likeness (QED) is 0.816. The largest absolute Gasteiger partial charge is 0.393 e. The highest BCUT2D eigenvalue weighted by Gasteiger charge is 2.19. The van der Waals surface area contributed by atoms with Crippen LogP contribution in [-0.2, 0) is 0 Å². The van der Waals surface area contributed by atoms with Gasteiger partial charge in [0.1, 0.15) is 0 Å². The second-order valence-electron chi connectivity index (χ2n) is 3.87. The average molecular weight is 319 g/mol. The SMILES string of the molecule is OC1CCC(Nc2ncc(I)cn2)CC1. The van der Waals surface area contributed by atoms with Gasteiger partial charge in [-0.15, -0.1) is 0 Å². The Labute approximate surface area is 103 Å². The zero-order chi connectivity index (χ0) is 10.7. The van der Waals surface area contributed by atoms with E-state index < -0.39 is 0 Å². The summed E-state index contributed by atoms with van der Waals surface area (Å²) in [6.45, 7) is 0. The van der Waals surface area contributed by atoms with Crippen molar-refractivity contribution in [2.75, 3.05) is 5.32 Å². The molecule has 0 spiro atoms. The standard InChI is InChI=1S/C10H14IN3O/c11-7-5-12-10(13-6-7)14-8-1-3-9(15)4-2-8/h5-6,8-9,15H,1-4H2,(H,12,13,14). The fraction of sp³-hybridized carbons (Fsp3) is 0.600. The third kappa shape index (κ3) is 3.27. The minimum atomic E-state index is -0.110. The minimum absolute atomic E-state index is 0.110. The van der Waals surface area contributed by atoms with E-state index in [9.17, 15) is 5.11 Å². The molecule has 1 aromatic heterocycles. The molecule has 4 nitrogen and oxygen atoms in total. The Bertz CT molecular complexity index is 309. The summed E-state index contributed by atoms with van der Waals surface area (Å²) in [6, 6.07) is 0.411. The third-order valence-electron chi connectivity index (χ3n) is 2.65. The number of hydrogen-bond donors (Lipinski definition) is 2. The maximum atomic E-state index is 9.37. The highest BCUT2D eigenvalue weighted by Crippen LogP contribution is 2.20. The fourth-order valence-corrected chi connectivity index (χ4v) is 2.07. The van der Waals surface area contributed by atoms with E-state index in [0.717, 1.165) is 29.3 Å². The number of anilines is 1. The van der Waals surface area contributed by atoms with Crippen molar-refractivity contribution < 1.29 is 5.11 Å². The van der Waals surface area contributed by atoms with Crippen molar-refractivity contribution in [3.05, 3.63) is 16.0 Å². The topological polar surface area (TPSA) is 58.0 Å². The van der Waals surface area contributed by atoms with Gasteiger partial charge in [0.05, 0.1) is 6.10 Å². The Morgan fingerprint density at radius 3 is 2.40 bits per heavy atom. The maximum absolute atomic E-state index is 9.37. The maximum Gasteiger partial charge on any atom is 0.222 e. The Hall–Kier alpha value is -0.430. The summed E-state index contributed by atoms with van der Waals surface area (Å²) in [4.78, 5) is 8.40. The summed E-state index contributed by atoms with van der Waals surface area (Å²) in [5.41, 5.74) is 0. The normalized spacial score (nSPS) is 26.3. The number of aliphatic hydroxyl groups is 1. The highest BCUT2D eigenvalue weighted by atomic mass is 127. The smallest absolute Gasteiger partial charge is 0.222 e. The molecule has 0 atom stereocenters. The van der Waals surface area contributed by atoms with E-state index in [-0.39, 0.29) is 6.10 Å². The van der Waals surface area contributed by atoms with Gasteiger partial charge in [0.2, 0.25) is 5.95 Å². The number of aliphatic hydroxyl groups excluding tert-OH is 1. The number of nitrogens with zero attached hydrogens (tertiary/aromatic N) is 2. The lowest BCUT2D eigenvalue weighted by Crippen LogP contribution is -2.28. The van der Waals surface area contributed by atoms with Gasteiger partial charge in [-0.2, -0.15) is 0 Å². The van der Waals surface area contributed by atoms with Crippen molar-refractivity contribution >= 4 is 28.5 Å². The number of nitrogens with one attached hydrogen (secondary N) is 1. The third-order valence-corrected chi connectivity index (χ3v) is 3.21. The second kappa shape index (κ2) is 5.07. The summed E-state index contributed by atoms with van der Waals surface area (Å²) in [7, 11) is 0. The van der Waals surface area contributed by atoms with Crippen molar-refractivity contribution in [2.45, 2.75) is 37.8 Å². The van der Waals surface area contributed by atoms with E-state index in [0.29, 0.717) is 12.0 Å². The van der Waals surface area contributed by atoms with Gasteiger partial charge in [-0.25, -0.2) is 9.97 Å². The van der Waals surface area contributed by atoms with Crippen LogP contribution in [0, 0.1) is 3.57 Å². The molecule has 0 aliphatic heterocycles. The van der Waals surface area contributed by atoms with Crippen molar-refractivity contribution in [1.29, 1.82) is 0 Å². The van der Waals surface area contributed by atoms with Gasteiger partial charge in [-0.1, -0.05) is 0 Å². The molecule has 1 aliphatic carbocycles. The van der Waals surface area contributed by atoms with Crippen LogP contribution in [0.4, 0.5) is 5.95 Å². The molecular formula is C10H14IN3O. The molecule has 0 unspecified atom stereocenters. The minimum Gasteiger partial charge on any atom is -0.393 e. The molecule has 0 aromatic carbocycles. The monoisotopic (exact) mass is 319 g/mol. The van der Waals surface area contributed by atoms with E-state index in [4.69, 9.17) is 0 Å². The molecule has 2 N–H and O–H groups in total. The first-order valence-corrected chi connectivity index (χ1v) is 6.24. The summed E-state index contributed by atoms with van der Waals surface area (Å²) < 4.78 is 1.04. The van der Waals surface area contributed by atoms with Gasteiger partial charge >= 0.3 is 0 Å². The molecule has 1 aliphatic rings. The van der Waals surface area contributed by atoms with E-state index in [1.807, 2.05) is 0 Å². The molecule has 2 rings (SSSR count). The summed E-state index contributed by atoms with van der Waals surface area (Å²) in [5, 5.41) is 12.7. The van der Waals surface area contributed by atoms with Crippen LogP contribution in [0.2, 0.25) is 0 Å². The molecule has 0 bridgehead atoms. The van der Waals surface area contributed by atoms with Crippen LogP contribution in [0.25, 0.3) is 0 Å². The van der Waals surface area contributed by atoms with Crippen LogP contribution < -0.4 is 5.32 Å². The Balaban J connectivity index is 1.89. The van der Waals surface area contributed by atoms with E-state index >= 15 is 0 Å². The molecule has 0 saturated heterocycles. The molecule has 82 valence electrons. The molecule has 0 radical (unpaired) electrons. The van der Waals surface area contributed by atoms with E-state index in [2.05, 4.69) is 37.9 Å². The molecule has 1 fully saturated rings. The molecule has 0 amide bonds. The lowest BCUT2D eigenvalue weighted by Gasteiger charge is -2.25. The van der Waals surface area contributed by atoms with Crippen LogP contribution in [0.1, 0.15) is 25.7 Å². The number of halogens is 1. The molecule has 5 heteroatoms. The predicted molar refractivity (Wildman–Crippen MR) is 66.6 cm³/mol. The fourth-order valence-electron chi connectivity index (χ4n) is 1.79. The van der Waals surface area contributed by atoms with Crippen LogP contribution in [-0.4, -0.2) is 27.2 Å². The number of hydrogen-bond acceptors (Lipinski definition) is 4. The lowest BCUT2D eigenvalue weighted by atomic mass is 9.93. The first-order chi connectivity index (χ1) is 7.24. The number of aromatic nitrogens is 2. The second-order valence-corrected chi connectivity index (χ2v) is 5.12. The highest BCUT2D eigenvalue weighted by molar-refractivity contribution is 14.1. The van der Waals surface area contributed by atoms with Crippen LogP contribution >= 0.6 is 22.6 Å². The van der Waals surface area contributed by atoms with Gasteiger partial charge in [0, 0.05) is 22.0 Å². The van der Waals surface area contributed by atoms with Gasteiger partial charge in [-0.3, -0.25) is 0 Å². The molecule has 15 heavy (non-hydrogen) atoms. The predicted octanol–water partition coefficient (Wildman–Crippen LogP) is 1.80. The van der Waals surface area contributed by atoms with Crippen LogP contribution in [0.5, 0.6) is 0 Å². The lowest BCUT2D eigenvalue weighted by molar-refractivity contribution is 0.126. The van der Waals surface area contributed by atoms with E-state index in [1.165, 1.54) is 0 Å². The van der Waals surface area contributed by atoms with Crippen molar-refractivity contribution in [3.8, 4) is 0 Å². The average Bonchev–Trinajstić information content (AvgIpc) is 2.25. The summed E-state index contributed by atoms with van der Waals surface area (Å²) >= 11 is 2.18. The number of rotatable bonds is 2. The zero-order valence-electron chi connectivity index (χ0n) is 8.36. The Morgan fingerprint density at radius 1 is 1.20 bits per heavy atom. The van der Waals surface area contributed by atoms with Gasteiger partial charge in [0.15, 0.2) is 0 Å². The summed E-state index contributed by atoms with van der Waals surface area (Å²) in [5.74, 6) is 0.691. The molecular weight excluding hydrogens is 305 g/mol. The van der Waals surface area contributed by atoms with Crippen molar-refractivity contribution in [2.24, 2.45) is 0 Å². The molecule has 1 aromatic rings. The van der Waals surface area contributed by atoms with Crippen LogP contribution in [0.3, 0.4) is 0 Å².